The highest BCUT2D eigenvalue weighted by molar-refractivity contribution is 5.80. The van der Waals surface area contributed by atoms with Gasteiger partial charge in [0.15, 0.2) is 5.82 Å². The predicted octanol–water partition coefficient (Wildman–Crippen LogP) is 0.898. The number of nitrogens with zero attached hydrogens (tertiary/aromatic N) is 3. The molecule has 0 fully saturated rings. The molecule has 13 heavy (non-hydrogen) atoms. The molecule has 0 aromatic carbocycles. The van der Waals surface area contributed by atoms with E-state index in [0.29, 0.717) is 5.92 Å². The van der Waals surface area contributed by atoms with Crippen LogP contribution in [0.1, 0.15) is 38.6 Å². The Balaban J connectivity index is 2.85. The molecule has 0 radical (unpaired) electrons. The van der Waals surface area contributed by atoms with Gasteiger partial charge in [-0.05, 0) is 6.92 Å². The van der Waals surface area contributed by atoms with E-state index in [1.165, 1.54) is 0 Å². The summed E-state index contributed by atoms with van der Waals surface area (Å²) in [5, 5.41) is 11.5. The first-order valence-electron chi connectivity index (χ1n) is 4.27. The van der Waals surface area contributed by atoms with Crippen molar-refractivity contribution in [3.63, 3.8) is 0 Å². The van der Waals surface area contributed by atoms with Crippen molar-refractivity contribution >= 4 is 5.84 Å². The molecule has 0 saturated heterocycles. The fourth-order valence-corrected chi connectivity index (χ4v) is 0.882. The number of hydrogen-bond donors (Lipinski definition) is 2. The van der Waals surface area contributed by atoms with E-state index in [0.717, 1.165) is 5.82 Å². The average Bonchev–Trinajstić information content (AvgIpc) is 2.50. The van der Waals surface area contributed by atoms with E-state index in [9.17, 15) is 0 Å². The fourth-order valence-electron chi connectivity index (χ4n) is 0.882. The first-order valence-corrected chi connectivity index (χ1v) is 4.27. The van der Waals surface area contributed by atoms with Gasteiger partial charge in [0, 0.05) is 5.92 Å². The molecule has 1 heterocycles. The molecule has 1 atom stereocenters. The van der Waals surface area contributed by atoms with E-state index in [1.807, 2.05) is 20.8 Å². The molecule has 5 heteroatoms. The van der Waals surface area contributed by atoms with Gasteiger partial charge in [0.25, 0.3) is 0 Å². The minimum absolute atomic E-state index is 0.0974. The molecule has 0 amide bonds. The van der Waals surface area contributed by atoms with Crippen LogP contribution in [-0.4, -0.2) is 20.6 Å². The topological polar surface area (TPSA) is 80.6 Å². The normalized spacial score (nSPS) is 13.2. The van der Waals surface area contributed by atoms with Gasteiger partial charge in [0.2, 0.25) is 0 Å². The van der Waals surface area contributed by atoms with Gasteiger partial charge in [0.05, 0.1) is 0 Å². The van der Waals surface area contributed by atoms with Crippen LogP contribution in [0.15, 0.2) is 6.33 Å². The van der Waals surface area contributed by atoms with E-state index in [1.54, 1.807) is 11.0 Å². The summed E-state index contributed by atoms with van der Waals surface area (Å²) in [5.41, 5.74) is 5.35. The molecule has 1 aromatic heterocycles. The zero-order chi connectivity index (χ0) is 10.0. The second-order valence-corrected chi connectivity index (χ2v) is 3.37. The maximum atomic E-state index is 7.24. The molecule has 72 valence electrons. The largest absolute Gasteiger partial charge is 0.386 e. The van der Waals surface area contributed by atoms with Crippen LogP contribution in [0.4, 0.5) is 0 Å². The summed E-state index contributed by atoms with van der Waals surface area (Å²) in [7, 11) is 0. The molecule has 0 aliphatic rings. The van der Waals surface area contributed by atoms with Crippen LogP contribution in [-0.2, 0) is 0 Å². The number of hydrogen-bond acceptors (Lipinski definition) is 3. The van der Waals surface area contributed by atoms with Crippen molar-refractivity contribution in [1.29, 1.82) is 5.41 Å². The Labute approximate surface area is 77.5 Å². The molecular weight excluding hydrogens is 166 g/mol. The smallest absolute Gasteiger partial charge is 0.153 e. The highest BCUT2D eigenvalue weighted by Gasteiger charge is 2.11. The van der Waals surface area contributed by atoms with E-state index < -0.39 is 0 Å². The van der Waals surface area contributed by atoms with E-state index in [2.05, 4.69) is 10.1 Å². The summed E-state index contributed by atoms with van der Waals surface area (Å²) in [6.45, 7) is 5.87. The molecule has 1 aromatic rings. The molecule has 0 aliphatic carbocycles. The lowest BCUT2D eigenvalue weighted by atomic mass is 10.2. The van der Waals surface area contributed by atoms with Crippen LogP contribution in [0.5, 0.6) is 0 Å². The van der Waals surface area contributed by atoms with Crippen LogP contribution in [0.25, 0.3) is 0 Å². The maximum Gasteiger partial charge on any atom is 0.153 e. The second-order valence-electron chi connectivity index (χ2n) is 3.37. The fraction of sp³-hybridized carbons (Fsp3) is 0.625. The number of amidine groups is 1. The summed E-state index contributed by atoms with van der Waals surface area (Å²) < 4.78 is 1.61. The minimum atomic E-state index is -0.208. The van der Waals surface area contributed by atoms with Crippen LogP contribution in [0.3, 0.4) is 0 Å². The Morgan fingerprint density at radius 1 is 1.54 bits per heavy atom. The lowest BCUT2D eigenvalue weighted by Gasteiger charge is -2.08. The maximum absolute atomic E-state index is 7.24. The Kier molecular flexibility index (Phi) is 2.65. The summed E-state index contributed by atoms with van der Waals surface area (Å²) in [6.07, 6.45) is 1.61. The van der Waals surface area contributed by atoms with Gasteiger partial charge in [-0.3, -0.25) is 5.41 Å². The highest BCUT2D eigenvalue weighted by Crippen LogP contribution is 2.09. The van der Waals surface area contributed by atoms with Crippen LogP contribution in [0.2, 0.25) is 0 Å². The van der Waals surface area contributed by atoms with Crippen molar-refractivity contribution < 1.29 is 0 Å². The van der Waals surface area contributed by atoms with Crippen molar-refractivity contribution in [2.45, 2.75) is 32.7 Å². The van der Waals surface area contributed by atoms with Crippen molar-refractivity contribution in [3.05, 3.63) is 12.2 Å². The van der Waals surface area contributed by atoms with Gasteiger partial charge in [-0.2, -0.15) is 5.10 Å². The molecule has 0 aliphatic heterocycles. The number of nitrogens with two attached hydrogens (primary N) is 1. The van der Waals surface area contributed by atoms with E-state index in [4.69, 9.17) is 11.1 Å². The Morgan fingerprint density at radius 2 is 2.15 bits per heavy atom. The van der Waals surface area contributed by atoms with Gasteiger partial charge in [0.1, 0.15) is 18.2 Å². The third kappa shape index (κ3) is 2.05. The van der Waals surface area contributed by atoms with Gasteiger partial charge >= 0.3 is 0 Å². The van der Waals surface area contributed by atoms with Crippen molar-refractivity contribution in [2.24, 2.45) is 5.73 Å². The molecule has 5 nitrogen and oxygen atoms in total. The highest BCUT2D eigenvalue weighted by atomic mass is 15.3. The third-order valence-corrected chi connectivity index (χ3v) is 1.89. The Morgan fingerprint density at radius 3 is 2.54 bits per heavy atom. The van der Waals surface area contributed by atoms with E-state index >= 15 is 0 Å². The monoisotopic (exact) mass is 181 g/mol. The second kappa shape index (κ2) is 3.55. The summed E-state index contributed by atoms with van der Waals surface area (Å²) in [6, 6.07) is -0.208. The lowest BCUT2D eigenvalue weighted by Crippen LogP contribution is -2.23. The molecule has 0 saturated carbocycles. The van der Waals surface area contributed by atoms with Crippen LogP contribution < -0.4 is 5.73 Å². The predicted molar refractivity (Wildman–Crippen MR) is 50.7 cm³/mol. The van der Waals surface area contributed by atoms with Gasteiger partial charge in [-0.25, -0.2) is 9.67 Å². The first kappa shape index (κ1) is 9.70. The quantitative estimate of drug-likeness (QED) is 0.537. The van der Waals surface area contributed by atoms with Gasteiger partial charge < -0.3 is 5.73 Å². The van der Waals surface area contributed by atoms with Crippen molar-refractivity contribution in [1.82, 2.24) is 14.8 Å². The average molecular weight is 181 g/mol. The SMILES string of the molecule is CC(C)c1ncn(C(C)C(=N)N)n1. The zero-order valence-electron chi connectivity index (χ0n) is 8.15. The van der Waals surface area contributed by atoms with E-state index in [-0.39, 0.29) is 11.9 Å². The van der Waals surface area contributed by atoms with Crippen LogP contribution in [0, 0.1) is 5.41 Å². The Hall–Kier alpha value is -1.39. The summed E-state index contributed by atoms with van der Waals surface area (Å²) >= 11 is 0. The molecule has 3 N–H and O–H groups in total. The Bertz CT molecular complexity index is 301. The third-order valence-electron chi connectivity index (χ3n) is 1.89. The summed E-state index contributed by atoms with van der Waals surface area (Å²) in [4.78, 5) is 4.12. The molecule has 0 spiro atoms. The first-order chi connectivity index (χ1) is 6.02. The molecular formula is C8H15N5. The standard InChI is InChI=1S/C8H15N5/c1-5(2)8-11-4-13(12-8)6(3)7(9)10/h4-6H,1-3H3,(H3,9,10). The number of rotatable bonds is 3. The lowest BCUT2D eigenvalue weighted by molar-refractivity contribution is 0.586. The van der Waals surface area contributed by atoms with Crippen LogP contribution >= 0.6 is 0 Å². The molecule has 1 rings (SSSR count). The zero-order valence-corrected chi connectivity index (χ0v) is 8.15. The molecule has 0 bridgehead atoms. The minimum Gasteiger partial charge on any atom is -0.386 e. The van der Waals surface area contributed by atoms with Crippen molar-refractivity contribution in [3.8, 4) is 0 Å². The van der Waals surface area contributed by atoms with Gasteiger partial charge in [-0.15, -0.1) is 0 Å². The summed E-state index contributed by atoms with van der Waals surface area (Å²) in [5.74, 6) is 1.19. The molecule has 1 unspecified atom stereocenters. The number of aromatic nitrogens is 3. The van der Waals surface area contributed by atoms with Crippen molar-refractivity contribution in [2.75, 3.05) is 0 Å². The van der Waals surface area contributed by atoms with Gasteiger partial charge in [-0.1, -0.05) is 13.8 Å². The number of nitrogens with one attached hydrogen (secondary N) is 1.